The number of hydrogen-bond donors (Lipinski definition) is 1. The van der Waals surface area contributed by atoms with Gasteiger partial charge in [-0.05, 0) is 47.9 Å². The van der Waals surface area contributed by atoms with E-state index in [0.717, 1.165) is 12.7 Å². The molecule has 0 radical (unpaired) electrons. The van der Waals surface area contributed by atoms with Gasteiger partial charge in [0.15, 0.2) is 0 Å². The van der Waals surface area contributed by atoms with Gasteiger partial charge in [0, 0.05) is 25.0 Å². The van der Waals surface area contributed by atoms with Crippen LogP contribution in [0.5, 0.6) is 0 Å². The van der Waals surface area contributed by atoms with Crippen molar-refractivity contribution in [2.45, 2.75) is 31.7 Å². The largest absolute Gasteiger partial charge is 0.341 e. The van der Waals surface area contributed by atoms with E-state index in [1.54, 1.807) is 0 Å². The zero-order valence-corrected chi connectivity index (χ0v) is 17.1. The molecule has 1 saturated carbocycles. The minimum absolute atomic E-state index is 0.00115. The highest BCUT2D eigenvalue weighted by Crippen LogP contribution is 2.52. The fourth-order valence-electron chi connectivity index (χ4n) is 4.40. The van der Waals surface area contributed by atoms with E-state index in [-0.39, 0.29) is 23.8 Å². The average molecular weight is 399 g/mol. The normalized spacial score (nSPS) is 24.4. The van der Waals surface area contributed by atoms with Crippen LogP contribution in [0, 0.1) is 12.8 Å². The lowest BCUT2D eigenvalue weighted by Gasteiger charge is -2.18. The average Bonchev–Trinajstić information content (AvgIpc) is 3.32. The number of amides is 1. The Balaban J connectivity index is 1.50. The van der Waals surface area contributed by atoms with Crippen molar-refractivity contribution in [3.8, 4) is 11.1 Å². The Morgan fingerprint density at radius 1 is 1.11 bits per heavy atom. The van der Waals surface area contributed by atoms with Crippen molar-refractivity contribution in [1.82, 2.24) is 9.62 Å². The molecule has 0 bridgehead atoms. The summed E-state index contributed by atoms with van der Waals surface area (Å²) < 4.78 is 25.5. The fourth-order valence-corrected chi connectivity index (χ4v) is 5.20. The Bertz CT molecular complexity index is 988. The van der Waals surface area contributed by atoms with Crippen molar-refractivity contribution in [3.63, 3.8) is 0 Å². The summed E-state index contributed by atoms with van der Waals surface area (Å²) >= 11 is 0. The van der Waals surface area contributed by atoms with Crippen LogP contribution in [-0.2, 0) is 14.8 Å². The van der Waals surface area contributed by atoms with Crippen LogP contribution in [0.15, 0.2) is 48.5 Å². The van der Waals surface area contributed by atoms with Gasteiger partial charge < -0.3 is 4.90 Å². The van der Waals surface area contributed by atoms with Crippen LogP contribution in [0.3, 0.4) is 0 Å². The van der Waals surface area contributed by atoms with Crippen LogP contribution in [0.4, 0.5) is 0 Å². The number of likely N-dealkylation sites (tertiary alicyclic amines) is 1. The van der Waals surface area contributed by atoms with E-state index < -0.39 is 10.0 Å². The first-order valence-electron chi connectivity index (χ1n) is 9.74. The summed E-state index contributed by atoms with van der Waals surface area (Å²) in [6, 6.07) is 16.5. The molecular weight excluding hydrogens is 372 g/mol. The lowest BCUT2D eigenvalue weighted by molar-refractivity contribution is -0.131. The predicted molar refractivity (Wildman–Crippen MR) is 110 cm³/mol. The van der Waals surface area contributed by atoms with Crippen LogP contribution in [0.1, 0.15) is 29.9 Å². The van der Waals surface area contributed by atoms with Crippen molar-refractivity contribution < 1.29 is 13.2 Å². The molecule has 4 rings (SSSR count). The molecule has 0 unspecified atom stereocenters. The number of carbonyl (C=O) groups excluding carboxylic acids is 1. The van der Waals surface area contributed by atoms with Crippen LogP contribution < -0.4 is 4.72 Å². The summed E-state index contributed by atoms with van der Waals surface area (Å²) in [5, 5.41) is 0. The van der Waals surface area contributed by atoms with Gasteiger partial charge in [0.2, 0.25) is 15.9 Å². The monoisotopic (exact) mass is 398 g/mol. The molecule has 148 valence electrons. The van der Waals surface area contributed by atoms with Crippen molar-refractivity contribution in [2.75, 3.05) is 19.3 Å². The molecule has 6 heteroatoms. The predicted octanol–water partition coefficient (Wildman–Crippen LogP) is 2.92. The van der Waals surface area contributed by atoms with Gasteiger partial charge in [-0.15, -0.1) is 0 Å². The topological polar surface area (TPSA) is 66.5 Å². The van der Waals surface area contributed by atoms with Gasteiger partial charge in [-0.25, -0.2) is 13.1 Å². The Morgan fingerprint density at radius 2 is 1.86 bits per heavy atom. The third-order valence-electron chi connectivity index (χ3n) is 5.76. The van der Waals surface area contributed by atoms with E-state index in [9.17, 15) is 13.2 Å². The van der Waals surface area contributed by atoms with E-state index in [1.807, 2.05) is 23.1 Å². The number of nitrogens with zero attached hydrogens (tertiary/aromatic N) is 1. The smallest absolute Gasteiger partial charge is 0.226 e. The highest BCUT2D eigenvalue weighted by atomic mass is 32.2. The molecule has 0 spiro atoms. The minimum Gasteiger partial charge on any atom is -0.341 e. The van der Waals surface area contributed by atoms with Crippen LogP contribution >= 0.6 is 0 Å². The first-order chi connectivity index (χ1) is 13.3. The molecule has 2 aromatic carbocycles. The second-order valence-electron chi connectivity index (χ2n) is 8.01. The maximum absolute atomic E-state index is 13.0. The van der Waals surface area contributed by atoms with E-state index in [0.29, 0.717) is 19.5 Å². The molecule has 3 atom stereocenters. The Kier molecular flexibility index (Phi) is 5.02. The maximum Gasteiger partial charge on any atom is 0.226 e. The van der Waals surface area contributed by atoms with Gasteiger partial charge in [0.05, 0.1) is 6.26 Å². The highest BCUT2D eigenvalue weighted by molar-refractivity contribution is 7.88. The Hall–Kier alpha value is -2.18. The van der Waals surface area contributed by atoms with Crippen molar-refractivity contribution in [3.05, 3.63) is 59.7 Å². The third kappa shape index (κ3) is 3.98. The summed E-state index contributed by atoms with van der Waals surface area (Å²) in [5.74, 6) is 0.397. The summed E-state index contributed by atoms with van der Waals surface area (Å²) in [5.41, 5.74) is 4.89. The summed E-state index contributed by atoms with van der Waals surface area (Å²) in [6.45, 7) is 3.20. The van der Waals surface area contributed by atoms with Crippen LogP contribution in [0.2, 0.25) is 0 Å². The van der Waals surface area contributed by atoms with Gasteiger partial charge in [-0.1, -0.05) is 48.5 Å². The molecule has 5 nitrogen and oxygen atoms in total. The third-order valence-corrected chi connectivity index (χ3v) is 6.52. The Morgan fingerprint density at radius 3 is 2.57 bits per heavy atom. The molecule has 2 aliphatic rings. The van der Waals surface area contributed by atoms with Gasteiger partial charge in [0.25, 0.3) is 0 Å². The van der Waals surface area contributed by atoms with E-state index in [2.05, 4.69) is 42.0 Å². The summed E-state index contributed by atoms with van der Waals surface area (Å²) in [4.78, 5) is 14.8. The second kappa shape index (κ2) is 7.33. The van der Waals surface area contributed by atoms with Crippen LogP contribution in [0.25, 0.3) is 11.1 Å². The molecule has 1 aliphatic carbocycles. The molecule has 1 N–H and O–H groups in total. The Labute approximate surface area is 166 Å². The number of rotatable bonds is 5. The van der Waals surface area contributed by atoms with E-state index >= 15 is 0 Å². The second-order valence-corrected chi connectivity index (χ2v) is 9.79. The SMILES string of the molecule is Cc1cccc([C@@H]2C[C@H]2C(=O)N2CC[C@H](NS(C)(=O)=O)C2)c1-c1ccccc1. The zero-order valence-electron chi connectivity index (χ0n) is 16.3. The number of hydrogen-bond acceptors (Lipinski definition) is 3. The highest BCUT2D eigenvalue weighted by Gasteiger charge is 2.47. The van der Waals surface area contributed by atoms with Gasteiger partial charge in [-0.2, -0.15) is 0 Å². The fraction of sp³-hybridized carbons (Fsp3) is 0.409. The number of nitrogens with one attached hydrogen (secondary N) is 1. The number of benzene rings is 2. The molecule has 0 aromatic heterocycles. The van der Waals surface area contributed by atoms with Crippen LogP contribution in [-0.4, -0.2) is 44.6 Å². The maximum atomic E-state index is 13.0. The van der Waals surface area contributed by atoms with E-state index in [1.165, 1.54) is 22.3 Å². The number of aryl methyl sites for hydroxylation is 1. The quantitative estimate of drug-likeness (QED) is 0.842. The first kappa shape index (κ1) is 19.2. The number of carbonyl (C=O) groups is 1. The molecule has 2 fully saturated rings. The van der Waals surface area contributed by atoms with Gasteiger partial charge in [0.1, 0.15) is 0 Å². The standard InChI is InChI=1S/C22H26N2O3S/c1-15-7-6-10-18(21(15)16-8-4-3-5-9-16)19-13-20(19)22(25)24-12-11-17(14-24)23-28(2,26)27/h3-10,17,19-20,23H,11-14H2,1-2H3/t17-,19-,20+/m0/s1. The molecule has 1 aliphatic heterocycles. The molecule has 28 heavy (non-hydrogen) atoms. The van der Waals surface area contributed by atoms with Gasteiger partial charge in [-0.3, -0.25) is 4.79 Å². The number of sulfonamides is 1. The zero-order chi connectivity index (χ0) is 19.9. The summed E-state index contributed by atoms with van der Waals surface area (Å²) in [7, 11) is -3.24. The molecule has 1 amide bonds. The van der Waals surface area contributed by atoms with Crippen molar-refractivity contribution in [1.29, 1.82) is 0 Å². The molecule has 1 saturated heterocycles. The molecule has 2 aromatic rings. The molecular formula is C22H26N2O3S. The lowest BCUT2D eigenvalue weighted by atomic mass is 9.92. The summed E-state index contributed by atoms with van der Waals surface area (Å²) in [6.07, 6.45) is 2.70. The molecule has 1 heterocycles. The van der Waals surface area contributed by atoms with Crippen molar-refractivity contribution >= 4 is 15.9 Å². The van der Waals surface area contributed by atoms with Gasteiger partial charge >= 0.3 is 0 Å². The minimum atomic E-state index is -3.24. The van der Waals surface area contributed by atoms with Crippen molar-refractivity contribution in [2.24, 2.45) is 5.92 Å². The lowest BCUT2D eigenvalue weighted by Crippen LogP contribution is -2.38. The first-order valence-corrected chi connectivity index (χ1v) is 11.6. The van der Waals surface area contributed by atoms with E-state index in [4.69, 9.17) is 0 Å².